The highest BCUT2D eigenvalue weighted by molar-refractivity contribution is 7.47. The summed E-state index contributed by atoms with van der Waals surface area (Å²) >= 11 is 0. The molecule has 2 rings (SSSR count). The number of nitrogens with one attached hydrogen (secondary N) is 1. The summed E-state index contributed by atoms with van der Waals surface area (Å²) in [5.41, 5.74) is -1.54. The van der Waals surface area contributed by atoms with Gasteiger partial charge in [-0.2, -0.15) is 5.26 Å². The number of aliphatic hydroxyl groups is 2. The van der Waals surface area contributed by atoms with Crippen LogP contribution in [0.15, 0.2) is 21.9 Å². The van der Waals surface area contributed by atoms with Gasteiger partial charge in [-0.25, -0.2) is 9.36 Å². The molecule has 4 N–H and O–H groups in total. The van der Waals surface area contributed by atoms with Crippen LogP contribution in [0.25, 0.3) is 0 Å². The van der Waals surface area contributed by atoms with Gasteiger partial charge in [0.25, 0.3) is 5.56 Å². The third-order valence-electron chi connectivity index (χ3n) is 3.34. The lowest BCUT2D eigenvalue weighted by Gasteiger charge is -2.22. The van der Waals surface area contributed by atoms with Crippen LogP contribution in [0.2, 0.25) is 0 Å². The monoisotopic (exact) mass is 377 g/mol. The predicted molar refractivity (Wildman–Crippen MR) is 79.2 cm³/mol. The topological polar surface area (TPSA) is 184 Å². The summed E-state index contributed by atoms with van der Waals surface area (Å²) in [6.07, 6.45) is -4.82. The number of nitrogens with zero attached hydrogens (tertiary/aromatic N) is 2. The molecule has 138 valence electrons. The Morgan fingerprint density at radius 2 is 2.20 bits per heavy atom. The first kappa shape index (κ1) is 19.5. The number of hydrogen-bond donors (Lipinski definition) is 4. The fourth-order valence-corrected chi connectivity index (χ4v) is 3.20. The average molecular weight is 377 g/mol. The molecule has 5 atom stereocenters. The van der Waals surface area contributed by atoms with E-state index < -0.39 is 50.2 Å². The first-order chi connectivity index (χ1) is 11.8. The van der Waals surface area contributed by atoms with Crippen molar-refractivity contribution in [3.8, 4) is 6.07 Å². The van der Waals surface area contributed by atoms with E-state index in [1.807, 2.05) is 4.98 Å². The van der Waals surface area contributed by atoms with E-state index >= 15 is 0 Å². The Labute approximate surface area is 140 Å². The van der Waals surface area contributed by atoms with Gasteiger partial charge in [-0.15, -0.1) is 0 Å². The second-order valence-corrected chi connectivity index (χ2v) is 6.44. The van der Waals surface area contributed by atoms with Gasteiger partial charge in [-0.1, -0.05) is 0 Å². The molecular weight excluding hydrogens is 361 g/mol. The van der Waals surface area contributed by atoms with Crippen LogP contribution in [-0.4, -0.2) is 56.2 Å². The van der Waals surface area contributed by atoms with Gasteiger partial charge in [0.2, 0.25) is 0 Å². The molecule has 12 nitrogen and oxygen atoms in total. The zero-order valence-corrected chi connectivity index (χ0v) is 13.6. The number of aliphatic hydroxyl groups excluding tert-OH is 2. The van der Waals surface area contributed by atoms with Gasteiger partial charge in [0.05, 0.1) is 25.7 Å². The third kappa shape index (κ3) is 4.62. The first-order valence-electron chi connectivity index (χ1n) is 7.07. The smallest absolute Gasteiger partial charge is 0.394 e. The van der Waals surface area contributed by atoms with Crippen LogP contribution in [0, 0.1) is 11.3 Å². The molecular formula is C12H16N3O9P. The quantitative estimate of drug-likeness (QED) is 0.312. The van der Waals surface area contributed by atoms with Crippen molar-refractivity contribution in [1.82, 2.24) is 9.55 Å². The lowest BCUT2D eigenvalue weighted by molar-refractivity contribution is -0.0550. The maximum Gasteiger partial charge on any atom is 0.472 e. The van der Waals surface area contributed by atoms with Crippen LogP contribution in [0.5, 0.6) is 0 Å². The Balaban J connectivity index is 2.19. The lowest BCUT2D eigenvalue weighted by atomic mass is 10.1. The Morgan fingerprint density at radius 3 is 2.80 bits per heavy atom. The summed E-state index contributed by atoms with van der Waals surface area (Å²) in [5, 5.41) is 28.0. The van der Waals surface area contributed by atoms with Crippen LogP contribution in [-0.2, 0) is 18.3 Å². The Morgan fingerprint density at radius 1 is 1.48 bits per heavy atom. The summed E-state index contributed by atoms with van der Waals surface area (Å²) < 4.78 is 27.4. The van der Waals surface area contributed by atoms with Crippen molar-refractivity contribution in [2.45, 2.75) is 31.0 Å². The highest BCUT2D eigenvalue weighted by Crippen LogP contribution is 2.48. The minimum absolute atomic E-state index is 0.156. The molecule has 1 saturated heterocycles. The van der Waals surface area contributed by atoms with Gasteiger partial charge in [-0.05, 0) is 0 Å². The third-order valence-corrected chi connectivity index (χ3v) is 4.36. The molecule has 0 saturated carbocycles. The van der Waals surface area contributed by atoms with Crippen LogP contribution < -0.4 is 11.2 Å². The minimum atomic E-state index is -4.64. The molecule has 0 radical (unpaired) electrons. The van der Waals surface area contributed by atoms with Crippen molar-refractivity contribution in [2.24, 2.45) is 0 Å². The SMILES string of the molecule is N#CCCOP(=O)(O)O[C@H]1[C@@H](O)[C@H](n2ccc(=O)[nH]c2=O)O[C@@H]1CO. The fraction of sp³-hybridized carbons (Fsp3) is 0.583. The number of hydrogen-bond acceptors (Lipinski definition) is 9. The largest absolute Gasteiger partial charge is 0.472 e. The molecule has 0 aliphatic carbocycles. The standard InChI is InChI=1S/C12H16N3O9P/c13-3-1-5-22-25(20,21)24-10-7(6-16)23-11(9(10)18)15-4-2-8(17)14-12(15)19/h2,4,7,9-11,16,18H,1,5-6H2,(H,20,21)(H,14,17,19)/t7-,9-,10-,11-/m1/s1. The molecule has 1 fully saturated rings. The number of phosphoric acid groups is 1. The summed E-state index contributed by atoms with van der Waals surface area (Å²) in [6, 6.07) is 2.72. The molecule has 25 heavy (non-hydrogen) atoms. The molecule has 0 bridgehead atoms. The summed E-state index contributed by atoms with van der Waals surface area (Å²) in [4.78, 5) is 34.5. The second kappa shape index (κ2) is 8.03. The summed E-state index contributed by atoms with van der Waals surface area (Å²) in [7, 11) is -4.64. The molecule has 1 aliphatic rings. The second-order valence-electron chi connectivity index (χ2n) is 5.04. The van der Waals surface area contributed by atoms with Crippen molar-refractivity contribution < 1.29 is 33.5 Å². The predicted octanol–water partition coefficient (Wildman–Crippen LogP) is -1.80. The van der Waals surface area contributed by atoms with E-state index in [1.165, 1.54) is 0 Å². The van der Waals surface area contributed by atoms with E-state index in [-0.39, 0.29) is 13.0 Å². The van der Waals surface area contributed by atoms with Gasteiger partial charge >= 0.3 is 13.5 Å². The zero-order valence-electron chi connectivity index (χ0n) is 12.7. The summed E-state index contributed by atoms with van der Waals surface area (Å²) in [5.74, 6) is 0. The first-order valence-corrected chi connectivity index (χ1v) is 8.57. The van der Waals surface area contributed by atoms with Crippen molar-refractivity contribution in [2.75, 3.05) is 13.2 Å². The molecule has 13 heteroatoms. The molecule has 1 aromatic heterocycles. The van der Waals surface area contributed by atoms with E-state index in [4.69, 9.17) is 14.5 Å². The number of aromatic amines is 1. The van der Waals surface area contributed by atoms with Gasteiger partial charge in [-0.3, -0.25) is 23.4 Å². The van der Waals surface area contributed by atoms with Crippen LogP contribution in [0.3, 0.4) is 0 Å². The molecule has 1 aromatic rings. The van der Waals surface area contributed by atoms with Gasteiger partial charge in [0.15, 0.2) is 6.23 Å². The number of phosphoric ester groups is 1. The van der Waals surface area contributed by atoms with Crippen molar-refractivity contribution in [3.05, 3.63) is 33.1 Å². The van der Waals surface area contributed by atoms with Gasteiger partial charge < -0.3 is 19.8 Å². The van der Waals surface area contributed by atoms with E-state index in [0.717, 1.165) is 16.8 Å². The zero-order chi connectivity index (χ0) is 18.6. The molecule has 2 heterocycles. The molecule has 1 aliphatic heterocycles. The normalized spacial score (nSPS) is 28.4. The van der Waals surface area contributed by atoms with E-state index in [1.54, 1.807) is 6.07 Å². The molecule has 0 aromatic carbocycles. The van der Waals surface area contributed by atoms with Crippen molar-refractivity contribution in [1.29, 1.82) is 5.26 Å². The summed E-state index contributed by atoms with van der Waals surface area (Å²) in [6.45, 7) is -1.06. The maximum atomic E-state index is 11.8. The van der Waals surface area contributed by atoms with E-state index in [9.17, 15) is 29.3 Å². The Hall–Kier alpha value is -1.84. The van der Waals surface area contributed by atoms with Crippen LogP contribution in [0.4, 0.5) is 0 Å². The Kier molecular flexibility index (Phi) is 6.26. The van der Waals surface area contributed by atoms with Gasteiger partial charge in [0.1, 0.15) is 18.3 Å². The number of aromatic nitrogens is 2. The highest BCUT2D eigenvalue weighted by Gasteiger charge is 2.48. The van der Waals surface area contributed by atoms with Crippen LogP contribution in [0.1, 0.15) is 12.6 Å². The fourth-order valence-electron chi connectivity index (χ4n) is 2.25. The van der Waals surface area contributed by atoms with Gasteiger partial charge in [0, 0.05) is 12.3 Å². The average Bonchev–Trinajstić information content (AvgIpc) is 2.83. The van der Waals surface area contributed by atoms with Crippen LogP contribution >= 0.6 is 7.82 Å². The Bertz CT molecular complexity index is 800. The highest BCUT2D eigenvalue weighted by atomic mass is 31.2. The molecule has 0 spiro atoms. The maximum absolute atomic E-state index is 11.8. The minimum Gasteiger partial charge on any atom is -0.394 e. The number of ether oxygens (including phenoxy) is 1. The lowest BCUT2D eigenvalue weighted by Crippen LogP contribution is -2.38. The molecule has 1 unspecified atom stereocenters. The van der Waals surface area contributed by atoms with Crippen molar-refractivity contribution in [3.63, 3.8) is 0 Å². The number of H-pyrrole nitrogens is 1. The van der Waals surface area contributed by atoms with E-state index in [0.29, 0.717) is 0 Å². The van der Waals surface area contributed by atoms with E-state index in [2.05, 4.69) is 4.52 Å². The number of rotatable bonds is 7. The van der Waals surface area contributed by atoms with Crippen molar-refractivity contribution >= 4 is 7.82 Å². The number of nitriles is 1. The molecule has 0 amide bonds.